The van der Waals surface area contributed by atoms with E-state index in [0.717, 1.165) is 31.9 Å². The van der Waals surface area contributed by atoms with Gasteiger partial charge in [0.2, 0.25) is 5.91 Å². The molecule has 104 valence electrons. The van der Waals surface area contributed by atoms with E-state index in [1.807, 2.05) is 11.0 Å². The molecule has 4 nitrogen and oxygen atoms in total. The summed E-state index contributed by atoms with van der Waals surface area (Å²) in [5.41, 5.74) is 0.803. The Labute approximate surface area is 123 Å². The van der Waals surface area contributed by atoms with Crippen LogP contribution < -0.4 is 5.32 Å². The SMILES string of the molecule is CN1CCN(C(=O)CNc2ccc(Cl)c(Cl)c2)CC1. The van der Waals surface area contributed by atoms with Crippen molar-refractivity contribution in [1.82, 2.24) is 9.80 Å². The number of halogens is 2. The van der Waals surface area contributed by atoms with Crippen molar-refractivity contribution in [2.45, 2.75) is 0 Å². The monoisotopic (exact) mass is 301 g/mol. The maximum absolute atomic E-state index is 12.0. The summed E-state index contributed by atoms with van der Waals surface area (Å²) in [6.07, 6.45) is 0. The van der Waals surface area contributed by atoms with Gasteiger partial charge in [-0.25, -0.2) is 0 Å². The number of carbonyl (C=O) groups is 1. The van der Waals surface area contributed by atoms with Crippen LogP contribution in [0.25, 0.3) is 0 Å². The van der Waals surface area contributed by atoms with Crippen LogP contribution in [0.4, 0.5) is 5.69 Å². The Morgan fingerprint density at radius 1 is 1.21 bits per heavy atom. The highest BCUT2D eigenvalue weighted by molar-refractivity contribution is 6.42. The molecule has 1 aliphatic heterocycles. The molecule has 0 unspecified atom stereocenters. The third-order valence-corrected chi connectivity index (χ3v) is 3.96. The van der Waals surface area contributed by atoms with Crippen LogP contribution in [-0.4, -0.2) is 55.5 Å². The van der Waals surface area contributed by atoms with E-state index in [9.17, 15) is 4.79 Å². The molecule has 1 N–H and O–H groups in total. The summed E-state index contributed by atoms with van der Waals surface area (Å²) in [5, 5.41) is 4.07. The van der Waals surface area contributed by atoms with Gasteiger partial charge in [-0.1, -0.05) is 23.2 Å². The fourth-order valence-electron chi connectivity index (χ4n) is 1.95. The highest BCUT2D eigenvalue weighted by atomic mass is 35.5. The van der Waals surface area contributed by atoms with Crippen LogP contribution >= 0.6 is 23.2 Å². The molecule has 6 heteroatoms. The molecule has 1 heterocycles. The van der Waals surface area contributed by atoms with Crippen molar-refractivity contribution in [3.05, 3.63) is 28.2 Å². The Bertz CT molecular complexity index is 459. The van der Waals surface area contributed by atoms with Gasteiger partial charge in [0.1, 0.15) is 0 Å². The zero-order valence-electron chi connectivity index (χ0n) is 10.8. The Hall–Kier alpha value is -0.970. The second kappa shape index (κ2) is 6.46. The summed E-state index contributed by atoms with van der Waals surface area (Å²) in [7, 11) is 2.07. The molecule has 0 radical (unpaired) electrons. The molecule has 0 atom stereocenters. The molecular weight excluding hydrogens is 285 g/mol. The molecule has 1 aromatic rings. The van der Waals surface area contributed by atoms with Crippen LogP contribution in [0.3, 0.4) is 0 Å². The summed E-state index contributed by atoms with van der Waals surface area (Å²) in [4.78, 5) is 16.1. The van der Waals surface area contributed by atoms with Gasteiger partial charge in [-0.15, -0.1) is 0 Å². The summed E-state index contributed by atoms with van der Waals surface area (Å²) >= 11 is 11.8. The summed E-state index contributed by atoms with van der Waals surface area (Å²) < 4.78 is 0. The number of piperazine rings is 1. The number of amides is 1. The van der Waals surface area contributed by atoms with Crippen molar-refractivity contribution in [1.29, 1.82) is 0 Å². The number of likely N-dealkylation sites (N-methyl/N-ethyl adjacent to an activating group) is 1. The first-order chi connectivity index (χ1) is 9.06. The van der Waals surface area contributed by atoms with Crippen LogP contribution in [0, 0.1) is 0 Å². The van der Waals surface area contributed by atoms with Crippen molar-refractivity contribution in [3.63, 3.8) is 0 Å². The first-order valence-corrected chi connectivity index (χ1v) is 6.97. The molecule has 0 aliphatic carbocycles. The summed E-state index contributed by atoms with van der Waals surface area (Å²) in [6.45, 7) is 3.72. The highest BCUT2D eigenvalue weighted by Gasteiger charge is 2.18. The second-order valence-electron chi connectivity index (χ2n) is 4.67. The Morgan fingerprint density at radius 2 is 1.89 bits per heavy atom. The summed E-state index contributed by atoms with van der Waals surface area (Å²) in [5.74, 6) is 0.110. The second-order valence-corrected chi connectivity index (χ2v) is 5.48. The maximum atomic E-state index is 12.0. The van der Waals surface area contributed by atoms with E-state index in [4.69, 9.17) is 23.2 Å². The third-order valence-electron chi connectivity index (χ3n) is 3.22. The number of carbonyl (C=O) groups excluding carboxylic acids is 1. The van der Waals surface area contributed by atoms with Crippen molar-refractivity contribution >= 4 is 34.8 Å². The number of nitrogens with zero attached hydrogens (tertiary/aromatic N) is 2. The van der Waals surface area contributed by atoms with Gasteiger partial charge < -0.3 is 15.1 Å². The molecule has 1 aliphatic rings. The van der Waals surface area contributed by atoms with Crippen molar-refractivity contribution in [3.8, 4) is 0 Å². The lowest BCUT2D eigenvalue weighted by Gasteiger charge is -2.32. The van der Waals surface area contributed by atoms with E-state index in [1.165, 1.54) is 0 Å². The van der Waals surface area contributed by atoms with Crippen LogP contribution in [0.15, 0.2) is 18.2 Å². The van der Waals surface area contributed by atoms with Gasteiger partial charge in [-0.3, -0.25) is 4.79 Å². The number of hydrogen-bond acceptors (Lipinski definition) is 3. The molecule has 1 saturated heterocycles. The maximum Gasteiger partial charge on any atom is 0.241 e. The van der Waals surface area contributed by atoms with E-state index in [0.29, 0.717) is 10.0 Å². The lowest BCUT2D eigenvalue weighted by Crippen LogP contribution is -2.48. The predicted molar refractivity (Wildman–Crippen MR) is 79.0 cm³/mol. The summed E-state index contributed by atoms with van der Waals surface area (Å²) in [6, 6.07) is 5.25. The highest BCUT2D eigenvalue weighted by Crippen LogP contribution is 2.24. The largest absolute Gasteiger partial charge is 0.376 e. The first-order valence-electron chi connectivity index (χ1n) is 6.21. The molecule has 1 aromatic carbocycles. The van der Waals surface area contributed by atoms with Gasteiger partial charge in [0.15, 0.2) is 0 Å². The fourth-order valence-corrected chi connectivity index (χ4v) is 2.25. The zero-order valence-corrected chi connectivity index (χ0v) is 12.3. The lowest BCUT2D eigenvalue weighted by atomic mass is 10.3. The topological polar surface area (TPSA) is 35.6 Å². The normalized spacial score (nSPS) is 16.5. The minimum atomic E-state index is 0.110. The van der Waals surface area contributed by atoms with Crippen LogP contribution in [0.1, 0.15) is 0 Å². The quantitative estimate of drug-likeness (QED) is 0.929. The molecule has 0 bridgehead atoms. The Kier molecular flexibility index (Phi) is 4.91. The Morgan fingerprint density at radius 3 is 2.53 bits per heavy atom. The zero-order chi connectivity index (χ0) is 13.8. The van der Waals surface area contributed by atoms with Crippen molar-refractivity contribution < 1.29 is 4.79 Å². The lowest BCUT2D eigenvalue weighted by molar-refractivity contribution is -0.130. The third kappa shape index (κ3) is 4.00. The average molecular weight is 302 g/mol. The fraction of sp³-hybridized carbons (Fsp3) is 0.462. The van der Waals surface area contributed by atoms with Crippen molar-refractivity contribution in [2.24, 2.45) is 0 Å². The molecule has 0 spiro atoms. The first kappa shape index (κ1) is 14.4. The molecule has 0 aromatic heterocycles. The van der Waals surface area contributed by atoms with Crippen LogP contribution in [0.5, 0.6) is 0 Å². The molecular formula is C13H17Cl2N3O. The number of nitrogens with one attached hydrogen (secondary N) is 1. The molecule has 1 amide bonds. The van der Waals surface area contributed by atoms with Crippen molar-refractivity contribution in [2.75, 3.05) is 45.1 Å². The van der Waals surface area contributed by atoms with Crippen LogP contribution in [0.2, 0.25) is 10.0 Å². The standard InChI is InChI=1S/C13H17Cl2N3O/c1-17-4-6-18(7-5-17)13(19)9-16-10-2-3-11(14)12(15)8-10/h2-3,8,16H,4-7,9H2,1H3. The van der Waals surface area contributed by atoms with Gasteiger partial charge in [0.25, 0.3) is 0 Å². The molecule has 1 fully saturated rings. The molecule has 19 heavy (non-hydrogen) atoms. The number of rotatable bonds is 3. The minimum absolute atomic E-state index is 0.110. The number of benzene rings is 1. The minimum Gasteiger partial charge on any atom is -0.376 e. The number of hydrogen-bond donors (Lipinski definition) is 1. The molecule has 0 saturated carbocycles. The Balaban J connectivity index is 1.84. The predicted octanol–water partition coefficient (Wildman–Crippen LogP) is 2.18. The van der Waals surface area contributed by atoms with E-state index < -0.39 is 0 Å². The van der Waals surface area contributed by atoms with E-state index >= 15 is 0 Å². The average Bonchev–Trinajstić information content (AvgIpc) is 2.40. The number of anilines is 1. The molecule has 2 rings (SSSR count). The van der Waals surface area contributed by atoms with Crippen LogP contribution in [-0.2, 0) is 4.79 Å². The van der Waals surface area contributed by atoms with Gasteiger partial charge in [-0.05, 0) is 25.2 Å². The van der Waals surface area contributed by atoms with Gasteiger partial charge in [-0.2, -0.15) is 0 Å². The van der Waals surface area contributed by atoms with E-state index in [-0.39, 0.29) is 12.5 Å². The van der Waals surface area contributed by atoms with Gasteiger partial charge in [0, 0.05) is 31.9 Å². The van der Waals surface area contributed by atoms with E-state index in [2.05, 4.69) is 17.3 Å². The smallest absolute Gasteiger partial charge is 0.241 e. The van der Waals surface area contributed by atoms with E-state index in [1.54, 1.807) is 12.1 Å². The van der Waals surface area contributed by atoms with Gasteiger partial charge in [0.05, 0.1) is 16.6 Å². The van der Waals surface area contributed by atoms with Gasteiger partial charge >= 0.3 is 0 Å².